The second kappa shape index (κ2) is 14.5. The number of hydrogen-bond donors (Lipinski definition) is 3. The number of aromatic nitrogens is 1. The van der Waals surface area contributed by atoms with Crippen molar-refractivity contribution in [2.24, 2.45) is 10.9 Å². The van der Waals surface area contributed by atoms with Crippen molar-refractivity contribution in [3.63, 3.8) is 0 Å². The van der Waals surface area contributed by atoms with Gasteiger partial charge in [-0.1, -0.05) is 13.8 Å². The number of hydrogen-bond acceptors (Lipinski definition) is 5. The van der Waals surface area contributed by atoms with E-state index in [2.05, 4.69) is 44.7 Å². The first-order valence-corrected chi connectivity index (χ1v) is 10.0. The number of guanidine groups is 1. The molecule has 1 fully saturated rings. The summed E-state index contributed by atoms with van der Waals surface area (Å²) in [6.07, 6.45) is 4.34. The molecule has 1 atom stereocenters. The number of nitrogens with zero attached hydrogens (tertiary/aromatic N) is 3. The Morgan fingerprint density at radius 2 is 1.97 bits per heavy atom. The fourth-order valence-electron chi connectivity index (χ4n) is 3.24. The van der Waals surface area contributed by atoms with Crippen LogP contribution in [0.5, 0.6) is 0 Å². The summed E-state index contributed by atoms with van der Waals surface area (Å²) in [5, 5.41) is 9.55. The van der Waals surface area contributed by atoms with Crippen molar-refractivity contribution in [3.8, 4) is 0 Å². The molecule has 0 aliphatic carbocycles. The van der Waals surface area contributed by atoms with E-state index in [1.165, 1.54) is 0 Å². The van der Waals surface area contributed by atoms with E-state index in [-0.39, 0.29) is 29.9 Å². The van der Waals surface area contributed by atoms with Crippen LogP contribution in [0, 0.1) is 5.92 Å². The molecular weight excluding hydrogens is 483 g/mol. The zero-order valence-electron chi connectivity index (χ0n) is 17.7. The lowest BCUT2D eigenvalue weighted by Crippen LogP contribution is -2.51. The highest BCUT2D eigenvalue weighted by Crippen LogP contribution is 2.12. The van der Waals surface area contributed by atoms with E-state index in [0.717, 1.165) is 45.2 Å². The average molecular weight is 518 g/mol. The summed E-state index contributed by atoms with van der Waals surface area (Å²) in [5.41, 5.74) is 0.562. The Morgan fingerprint density at radius 1 is 1.24 bits per heavy atom. The summed E-state index contributed by atoms with van der Waals surface area (Å²) < 4.78 is 5.48. The number of rotatable bonds is 9. The lowest BCUT2D eigenvalue weighted by atomic mass is 10.0. The number of pyridine rings is 1. The van der Waals surface area contributed by atoms with Crippen LogP contribution in [0.3, 0.4) is 0 Å². The Labute approximate surface area is 191 Å². The number of ether oxygens (including phenoxy) is 1. The van der Waals surface area contributed by atoms with E-state index in [1.807, 2.05) is 0 Å². The molecule has 0 spiro atoms. The minimum atomic E-state index is -0.123. The van der Waals surface area contributed by atoms with Crippen molar-refractivity contribution in [3.05, 3.63) is 30.1 Å². The van der Waals surface area contributed by atoms with E-state index in [0.29, 0.717) is 30.6 Å². The molecule has 29 heavy (non-hydrogen) atoms. The van der Waals surface area contributed by atoms with Gasteiger partial charge in [-0.15, -0.1) is 24.0 Å². The highest BCUT2D eigenvalue weighted by Gasteiger charge is 2.22. The van der Waals surface area contributed by atoms with Crippen molar-refractivity contribution in [2.45, 2.75) is 26.3 Å². The molecule has 164 valence electrons. The van der Waals surface area contributed by atoms with Gasteiger partial charge in [0.05, 0.1) is 18.8 Å². The molecule has 3 N–H and O–H groups in total. The highest BCUT2D eigenvalue weighted by molar-refractivity contribution is 14.0. The van der Waals surface area contributed by atoms with Gasteiger partial charge >= 0.3 is 0 Å². The molecular formula is C20H35IN6O2. The first kappa shape index (κ1) is 25.6. The number of aliphatic imine (C=N–C) groups is 1. The Balaban J connectivity index is 0.00000420. The topological polar surface area (TPSA) is 90.9 Å². The number of carbonyl (C=O) groups excluding carboxylic acids is 1. The van der Waals surface area contributed by atoms with Crippen LogP contribution < -0.4 is 16.0 Å². The smallest absolute Gasteiger partial charge is 0.252 e. The van der Waals surface area contributed by atoms with Crippen LogP contribution in [0.1, 0.15) is 30.6 Å². The molecule has 0 aromatic carbocycles. The molecule has 1 saturated heterocycles. The lowest BCUT2D eigenvalue weighted by molar-refractivity contribution is 0.0132. The Kier molecular flexibility index (Phi) is 12.8. The van der Waals surface area contributed by atoms with E-state index in [1.54, 1.807) is 31.6 Å². The fraction of sp³-hybridized carbons (Fsp3) is 0.650. The zero-order chi connectivity index (χ0) is 20.2. The maximum absolute atomic E-state index is 12.0. The van der Waals surface area contributed by atoms with Crippen LogP contribution in [0.2, 0.25) is 0 Å². The molecule has 1 unspecified atom stereocenters. The SMILES string of the molecule is CN=C(NCCNC(=O)c1cccnc1)NCC(CC(C)C)N1CCOCC1.I. The van der Waals surface area contributed by atoms with Crippen LogP contribution in [0.15, 0.2) is 29.5 Å². The van der Waals surface area contributed by atoms with Crippen LogP contribution in [0.25, 0.3) is 0 Å². The first-order valence-electron chi connectivity index (χ1n) is 10.0. The number of carbonyl (C=O) groups is 1. The summed E-state index contributed by atoms with van der Waals surface area (Å²) in [7, 11) is 1.76. The van der Waals surface area contributed by atoms with Gasteiger partial charge in [-0.05, 0) is 24.5 Å². The quantitative estimate of drug-likeness (QED) is 0.198. The van der Waals surface area contributed by atoms with Gasteiger partial charge < -0.3 is 20.7 Å². The van der Waals surface area contributed by atoms with E-state index >= 15 is 0 Å². The van der Waals surface area contributed by atoms with Gasteiger partial charge in [0, 0.05) is 58.2 Å². The molecule has 2 rings (SSSR count). The molecule has 0 saturated carbocycles. The zero-order valence-corrected chi connectivity index (χ0v) is 20.0. The van der Waals surface area contributed by atoms with Gasteiger partial charge in [0.2, 0.25) is 0 Å². The maximum atomic E-state index is 12.0. The van der Waals surface area contributed by atoms with E-state index in [9.17, 15) is 4.79 Å². The second-order valence-corrected chi connectivity index (χ2v) is 7.31. The molecule has 1 aliphatic rings. The minimum absolute atomic E-state index is 0. The monoisotopic (exact) mass is 518 g/mol. The molecule has 9 heteroatoms. The average Bonchev–Trinajstić information content (AvgIpc) is 2.73. The second-order valence-electron chi connectivity index (χ2n) is 7.31. The van der Waals surface area contributed by atoms with Crippen LogP contribution in [-0.4, -0.2) is 80.8 Å². The summed E-state index contributed by atoms with van der Waals surface area (Å²) in [5.74, 6) is 1.26. The Bertz CT molecular complexity index is 608. The minimum Gasteiger partial charge on any atom is -0.379 e. The Morgan fingerprint density at radius 3 is 2.59 bits per heavy atom. The molecule has 1 aromatic rings. The molecule has 1 amide bonds. The van der Waals surface area contributed by atoms with Gasteiger partial charge in [0.1, 0.15) is 0 Å². The van der Waals surface area contributed by atoms with Crippen molar-refractivity contribution in [1.29, 1.82) is 0 Å². The third-order valence-electron chi connectivity index (χ3n) is 4.66. The molecule has 1 aromatic heterocycles. The summed E-state index contributed by atoms with van der Waals surface area (Å²) in [6.45, 7) is 10.0. The summed E-state index contributed by atoms with van der Waals surface area (Å²) >= 11 is 0. The van der Waals surface area contributed by atoms with E-state index < -0.39 is 0 Å². The maximum Gasteiger partial charge on any atom is 0.252 e. The van der Waals surface area contributed by atoms with Gasteiger partial charge in [-0.3, -0.25) is 19.7 Å². The van der Waals surface area contributed by atoms with Crippen LogP contribution in [-0.2, 0) is 4.74 Å². The van der Waals surface area contributed by atoms with E-state index in [4.69, 9.17) is 4.74 Å². The van der Waals surface area contributed by atoms with Crippen molar-refractivity contribution in [2.75, 3.05) is 53.0 Å². The fourth-order valence-corrected chi connectivity index (χ4v) is 3.24. The van der Waals surface area contributed by atoms with Gasteiger partial charge in [0.15, 0.2) is 5.96 Å². The molecule has 0 bridgehead atoms. The van der Waals surface area contributed by atoms with Crippen molar-refractivity contribution in [1.82, 2.24) is 25.8 Å². The third-order valence-corrected chi connectivity index (χ3v) is 4.66. The van der Waals surface area contributed by atoms with Gasteiger partial charge in [-0.25, -0.2) is 0 Å². The first-order chi connectivity index (χ1) is 13.6. The van der Waals surface area contributed by atoms with Crippen LogP contribution >= 0.6 is 24.0 Å². The van der Waals surface area contributed by atoms with Crippen LogP contribution in [0.4, 0.5) is 0 Å². The molecule has 8 nitrogen and oxygen atoms in total. The largest absolute Gasteiger partial charge is 0.379 e. The number of amides is 1. The lowest BCUT2D eigenvalue weighted by Gasteiger charge is -2.35. The standard InChI is InChI=1S/C20H34N6O2.HI/c1-16(2)13-18(26-9-11-28-12-10-26)15-25-20(21-3)24-8-7-23-19(27)17-5-4-6-22-14-17;/h4-6,14,16,18H,7-13,15H2,1-3H3,(H,23,27)(H2,21,24,25);1H. The number of morpholine rings is 1. The normalized spacial score (nSPS) is 16.1. The molecule has 0 radical (unpaired) electrons. The van der Waals surface area contributed by atoms with Gasteiger partial charge in [0.25, 0.3) is 5.91 Å². The molecule has 2 heterocycles. The molecule has 1 aliphatic heterocycles. The van der Waals surface area contributed by atoms with Crippen molar-refractivity contribution < 1.29 is 9.53 Å². The Hall–Kier alpha value is -1.46. The summed E-state index contributed by atoms with van der Waals surface area (Å²) in [6, 6.07) is 3.95. The highest BCUT2D eigenvalue weighted by atomic mass is 127. The predicted octanol–water partition coefficient (Wildman–Crippen LogP) is 1.34. The summed E-state index contributed by atoms with van der Waals surface area (Å²) in [4.78, 5) is 22.8. The number of halogens is 1. The van der Waals surface area contributed by atoms with Crippen molar-refractivity contribution >= 4 is 35.8 Å². The predicted molar refractivity (Wildman–Crippen MR) is 127 cm³/mol. The number of nitrogens with one attached hydrogen (secondary N) is 3. The third kappa shape index (κ3) is 9.72. The van der Waals surface area contributed by atoms with Gasteiger partial charge in [-0.2, -0.15) is 0 Å².